The number of aryl methyl sites for hydroxylation is 1. The molecule has 0 heterocycles. The van der Waals surface area contributed by atoms with Gasteiger partial charge in [0.15, 0.2) is 0 Å². The zero-order valence-corrected chi connectivity index (χ0v) is 7.71. The molecule has 0 atom stereocenters. The molecule has 0 aliphatic carbocycles. The highest BCUT2D eigenvalue weighted by atomic mass is 19.1. The molecule has 0 bridgehead atoms. The third kappa shape index (κ3) is 1.33. The number of hydrogen-bond acceptors (Lipinski definition) is 1. The zero-order valence-electron chi connectivity index (χ0n) is 7.71. The standard InChI is InChI=1S/C12H8FN/c1-8-2-3-9-5-11(13)6-10(7-14)12(9)4-8/h2-6H,1H3. The zero-order chi connectivity index (χ0) is 10.1. The predicted octanol–water partition coefficient (Wildman–Crippen LogP) is 3.16. The molecule has 0 aliphatic rings. The molecule has 2 heteroatoms. The number of hydrogen-bond donors (Lipinski definition) is 0. The Kier molecular flexibility index (Phi) is 1.94. The highest BCUT2D eigenvalue weighted by molar-refractivity contribution is 5.88. The minimum atomic E-state index is -0.363. The summed E-state index contributed by atoms with van der Waals surface area (Å²) in [5.74, 6) is -0.363. The Morgan fingerprint density at radius 1 is 1.21 bits per heavy atom. The van der Waals surface area contributed by atoms with Crippen LogP contribution < -0.4 is 0 Å². The molecule has 2 rings (SSSR count). The molecular weight excluding hydrogens is 177 g/mol. The maximum Gasteiger partial charge on any atom is 0.125 e. The van der Waals surface area contributed by atoms with E-state index in [1.54, 1.807) is 0 Å². The SMILES string of the molecule is Cc1ccc2cc(F)cc(C#N)c2c1. The van der Waals surface area contributed by atoms with Crippen LogP contribution in [0.25, 0.3) is 10.8 Å². The van der Waals surface area contributed by atoms with Crippen molar-refractivity contribution in [1.82, 2.24) is 0 Å². The Morgan fingerprint density at radius 2 is 2.00 bits per heavy atom. The van der Waals surface area contributed by atoms with Crippen molar-refractivity contribution >= 4 is 10.8 Å². The summed E-state index contributed by atoms with van der Waals surface area (Å²) in [6.45, 7) is 1.95. The second kappa shape index (κ2) is 3.12. The number of nitriles is 1. The number of benzene rings is 2. The van der Waals surface area contributed by atoms with Gasteiger partial charge < -0.3 is 0 Å². The van der Waals surface area contributed by atoms with Crippen molar-refractivity contribution in [2.45, 2.75) is 6.92 Å². The molecule has 0 unspecified atom stereocenters. The van der Waals surface area contributed by atoms with Gasteiger partial charge in [-0.15, -0.1) is 0 Å². The van der Waals surface area contributed by atoms with Gasteiger partial charge in [-0.05, 0) is 29.8 Å². The third-order valence-electron chi connectivity index (χ3n) is 2.20. The van der Waals surface area contributed by atoms with Crippen molar-refractivity contribution in [3.05, 3.63) is 47.3 Å². The van der Waals surface area contributed by atoms with Gasteiger partial charge in [-0.25, -0.2) is 4.39 Å². The molecule has 0 amide bonds. The summed E-state index contributed by atoms with van der Waals surface area (Å²) in [5, 5.41) is 10.4. The van der Waals surface area contributed by atoms with Gasteiger partial charge in [-0.2, -0.15) is 5.26 Å². The first-order chi connectivity index (χ1) is 6.70. The van der Waals surface area contributed by atoms with Gasteiger partial charge in [-0.3, -0.25) is 0 Å². The van der Waals surface area contributed by atoms with E-state index >= 15 is 0 Å². The summed E-state index contributed by atoms with van der Waals surface area (Å²) >= 11 is 0. The molecule has 14 heavy (non-hydrogen) atoms. The highest BCUT2D eigenvalue weighted by Gasteiger charge is 2.03. The molecule has 0 radical (unpaired) electrons. The van der Waals surface area contributed by atoms with E-state index in [9.17, 15) is 4.39 Å². The minimum Gasteiger partial charge on any atom is -0.207 e. The average molecular weight is 185 g/mol. The lowest BCUT2D eigenvalue weighted by Crippen LogP contribution is -1.84. The van der Waals surface area contributed by atoms with Gasteiger partial charge in [0.25, 0.3) is 0 Å². The van der Waals surface area contributed by atoms with Gasteiger partial charge in [-0.1, -0.05) is 23.8 Å². The lowest BCUT2D eigenvalue weighted by molar-refractivity contribution is 0.629. The Bertz CT molecular complexity index is 538. The lowest BCUT2D eigenvalue weighted by atomic mass is 10.0. The predicted molar refractivity (Wildman–Crippen MR) is 53.4 cm³/mol. The molecule has 0 saturated heterocycles. The van der Waals surface area contributed by atoms with E-state index in [0.717, 1.165) is 16.3 Å². The van der Waals surface area contributed by atoms with Crippen molar-refractivity contribution in [3.63, 3.8) is 0 Å². The Morgan fingerprint density at radius 3 is 2.71 bits per heavy atom. The number of nitrogens with zero attached hydrogens (tertiary/aromatic N) is 1. The van der Waals surface area contributed by atoms with Crippen LogP contribution in [0.4, 0.5) is 4.39 Å². The summed E-state index contributed by atoms with van der Waals surface area (Å²) in [7, 11) is 0. The van der Waals surface area contributed by atoms with Crippen LogP contribution in [0.1, 0.15) is 11.1 Å². The second-order valence-electron chi connectivity index (χ2n) is 3.29. The van der Waals surface area contributed by atoms with E-state index in [1.807, 2.05) is 31.2 Å². The van der Waals surface area contributed by atoms with Gasteiger partial charge in [0.2, 0.25) is 0 Å². The third-order valence-corrected chi connectivity index (χ3v) is 2.20. The molecular formula is C12H8FN. The number of fused-ring (bicyclic) bond motifs is 1. The summed E-state index contributed by atoms with van der Waals surface area (Å²) < 4.78 is 13.0. The van der Waals surface area contributed by atoms with E-state index in [4.69, 9.17) is 5.26 Å². The first-order valence-electron chi connectivity index (χ1n) is 4.31. The molecule has 68 valence electrons. The summed E-state index contributed by atoms with van der Waals surface area (Å²) in [6, 6.07) is 10.3. The van der Waals surface area contributed by atoms with Crippen LogP contribution in [0.2, 0.25) is 0 Å². The van der Waals surface area contributed by atoms with Crippen molar-refractivity contribution in [2.75, 3.05) is 0 Å². The quantitative estimate of drug-likeness (QED) is 0.618. The van der Waals surface area contributed by atoms with Crippen molar-refractivity contribution in [3.8, 4) is 6.07 Å². The molecule has 0 spiro atoms. The molecule has 0 aliphatic heterocycles. The fraction of sp³-hybridized carbons (Fsp3) is 0.0833. The molecule has 1 nitrogen and oxygen atoms in total. The molecule has 2 aromatic carbocycles. The van der Waals surface area contributed by atoms with Crippen molar-refractivity contribution in [2.24, 2.45) is 0 Å². The summed E-state index contributed by atoms with van der Waals surface area (Å²) in [4.78, 5) is 0. The largest absolute Gasteiger partial charge is 0.207 e. The molecule has 0 aromatic heterocycles. The van der Waals surface area contributed by atoms with Crippen LogP contribution >= 0.6 is 0 Å². The number of rotatable bonds is 0. The maximum atomic E-state index is 13.0. The molecule has 0 N–H and O–H groups in total. The topological polar surface area (TPSA) is 23.8 Å². The lowest BCUT2D eigenvalue weighted by Gasteiger charge is -2.01. The maximum absolute atomic E-state index is 13.0. The Hall–Kier alpha value is -1.88. The summed E-state index contributed by atoms with van der Waals surface area (Å²) in [5.41, 5.74) is 1.46. The van der Waals surface area contributed by atoms with Crippen LogP contribution in [0.15, 0.2) is 30.3 Å². The fourth-order valence-corrected chi connectivity index (χ4v) is 1.53. The molecule has 0 fully saturated rings. The van der Waals surface area contributed by atoms with E-state index in [0.29, 0.717) is 5.56 Å². The first-order valence-corrected chi connectivity index (χ1v) is 4.31. The normalized spacial score (nSPS) is 10.1. The second-order valence-corrected chi connectivity index (χ2v) is 3.29. The van der Waals surface area contributed by atoms with Gasteiger partial charge in [0.05, 0.1) is 11.6 Å². The first kappa shape index (κ1) is 8.71. The van der Waals surface area contributed by atoms with Crippen LogP contribution in [-0.2, 0) is 0 Å². The van der Waals surface area contributed by atoms with E-state index in [2.05, 4.69) is 0 Å². The number of halogens is 1. The van der Waals surface area contributed by atoms with Gasteiger partial charge in [0, 0.05) is 0 Å². The fourth-order valence-electron chi connectivity index (χ4n) is 1.53. The highest BCUT2D eigenvalue weighted by Crippen LogP contribution is 2.21. The van der Waals surface area contributed by atoms with Crippen molar-refractivity contribution < 1.29 is 4.39 Å². The summed E-state index contributed by atoms with van der Waals surface area (Å²) in [6.07, 6.45) is 0. The van der Waals surface area contributed by atoms with E-state index in [-0.39, 0.29) is 5.82 Å². The van der Waals surface area contributed by atoms with Crippen LogP contribution in [0.3, 0.4) is 0 Å². The molecule has 2 aromatic rings. The Balaban J connectivity index is 2.90. The van der Waals surface area contributed by atoms with Crippen LogP contribution in [0.5, 0.6) is 0 Å². The average Bonchev–Trinajstić information content (AvgIpc) is 2.17. The monoisotopic (exact) mass is 185 g/mol. The van der Waals surface area contributed by atoms with Crippen LogP contribution in [0, 0.1) is 24.1 Å². The Labute approximate surface area is 81.4 Å². The van der Waals surface area contributed by atoms with Gasteiger partial charge in [0.1, 0.15) is 5.82 Å². The van der Waals surface area contributed by atoms with Crippen LogP contribution in [-0.4, -0.2) is 0 Å². The molecule has 0 saturated carbocycles. The van der Waals surface area contributed by atoms with E-state index < -0.39 is 0 Å². The van der Waals surface area contributed by atoms with Crippen molar-refractivity contribution in [1.29, 1.82) is 5.26 Å². The van der Waals surface area contributed by atoms with E-state index in [1.165, 1.54) is 12.1 Å². The van der Waals surface area contributed by atoms with Gasteiger partial charge >= 0.3 is 0 Å². The smallest absolute Gasteiger partial charge is 0.125 e. The minimum absolute atomic E-state index is 0.363.